The van der Waals surface area contributed by atoms with Gasteiger partial charge in [-0.3, -0.25) is 24.2 Å². The van der Waals surface area contributed by atoms with Gasteiger partial charge in [0.2, 0.25) is 0 Å². The number of rotatable bonds is 21. The Morgan fingerprint density at radius 2 is 1.11 bits per heavy atom. The zero-order valence-corrected chi connectivity index (χ0v) is 21.9. The Morgan fingerprint density at radius 1 is 0.658 bits per heavy atom. The molecule has 0 radical (unpaired) electrons. The molecule has 0 aliphatic heterocycles. The van der Waals surface area contributed by atoms with Gasteiger partial charge in [0.05, 0.1) is 0 Å². The largest absolute Gasteiger partial charge is 0.480 e. The fraction of sp³-hybridized carbons (Fsp3) is 0.640. The first-order valence-corrected chi connectivity index (χ1v) is 12.6. The molecule has 38 heavy (non-hydrogen) atoms. The quantitative estimate of drug-likeness (QED) is 0.0570. The molecule has 0 amide bonds. The van der Waals surface area contributed by atoms with Gasteiger partial charge in [0.1, 0.15) is 24.2 Å². The first-order chi connectivity index (χ1) is 17.8. The topological polar surface area (TPSA) is 266 Å². The molecule has 4 atom stereocenters. The molecule has 0 unspecified atom stereocenters. The fourth-order valence-corrected chi connectivity index (χ4v) is 3.47. The fourth-order valence-electron chi connectivity index (χ4n) is 3.47. The van der Waals surface area contributed by atoms with E-state index < -0.39 is 48.0 Å². The number of nitrogens with zero attached hydrogens (tertiary/aromatic N) is 1. The van der Waals surface area contributed by atoms with E-state index in [1.807, 2.05) is 6.08 Å². The van der Waals surface area contributed by atoms with Crippen molar-refractivity contribution in [2.24, 2.45) is 27.9 Å². The van der Waals surface area contributed by atoms with Crippen molar-refractivity contribution in [3.8, 4) is 0 Å². The van der Waals surface area contributed by atoms with Crippen molar-refractivity contribution in [3.63, 3.8) is 0 Å². The molecule has 216 valence electrons. The molecule has 0 aliphatic rings. The highest BCUT2D eigenvalue weighted by Gasteiger charge is 2.18. The zero-order valence-electron chi connectivity index (χ0n) is 21.9. The summed E-state index contributed by atoms with van der Waals surface area (Å²) in [5, 5.41) is 36.3. The molecular formula is C25H43N5O8. The third-order valence-corrected chi connectivity index (χ3v) is 5.99. The summed E-state index contributed by atoms with van der Waals surface area (Å²) < 4.78 is 0. The molecule has 13 nitrogen and oxygen atoms in total. The highest BCUT2D eigenvalue weighted by Crippen LogP contribution is 2.20. The van der Waals surface area contributed by atoms with E-state index in [4.69, 9.17) is 38.3 Å². The lowest BCUT2D eigenvalue weighted by atomic mass is 9.93. The third kappa shape index (κ3) is 15.2. The second-order valence-corrected chi connectivity index (χ2v) is 9.11. The third-order valence-electron chi connectivity index (χ3n) is 5.99. The maximum atomic E-state index is 11.3. The van der Waals surface area contributed by atoms with Crippen LogP contribution in [0.2, 0.25) is 0 Å². The molecule has 0 saturated heterocycles. The Morgan fingerprint density at radius 3 is 1.58 bits per heavy atom. The van der Waals surface area contributed by atoms with Gasteiger partial charge in [-0.1, -0.05) is 17.7 Å². The van der Waals surface area contributed by atoms with Crippen LogP contribution < -0.4 is 22.9 Å². The van der Waals surface area contributed by atoms with Crippen molar-refractivity contribution in [1.29, 1.82) is 0 Å². The van der Waals surface area contributed by atoms with Crippen LogP contribution in [-0.2, 0) is 19.2 Å². The number of nitrogens with two attached hydrogens (primary N) is 4. The van der Waals surface area contributed by atoms with Gasteiger partial charge in [-0.2, -0.15) is 0 Å². The Kier molecular flexibility index (Phi) is 17.4. The first kappa shape index (κ1) is 34.9. The van der Waals surface area contributed by atoms with Crippen molar-refractivity contribution >= 4 is 29.6 Å². The number of hydrogen-bond donors (Lipinski definition) is 8. The van der Waals surface area contributed by atoms with Gasteiger partial charge in [0, 0.05) is 12.3 Å². The number of carboxylic acids is 4. The minimum absolute atomic E-state index is 0.119. The minimum Gasteiger partial charge on any atom is -0.480 e. The average Bonchev–Trinajstić information content (AvgIpc) is 2.85. The maximum absolute atomic E-state index is 11.3. The van der Waals surface area contributed by atoms with Crippen LogP contribution in [0.3, 0.4) is 0 Å². The van der Waals surface area contributed by atoms with E-state index in [0.29, 0.717) is 49.9 Å². The summed E-state index contributed by atoms with van der Waals surface area (Å²) >= 11 is 0. The molecular weight excluding hydrogens is 498 g/mol. The smallest absolute Gasteiger partial charge is 0.320 e. The summed E-state index contributed by atoms with van der Waals surface area (Å²) in [5.41, 5.74) is 24.6. The zero-order chi connectivity index (χ0) is 29.3. The lowest BCUT2D eigenvalue weighted by Crippen LogP contribution is -2.30. The van der Waals surface area contributed by atoms with Gasteiger partial charge in [-0.25, -0.2) is 0 Å². The molecule has 0 fully saturated rings. The molecule has 0 saturated carbocycles. The van der Waals surface area contributed by atoms with Crippen molar-refractivity contribution in [3.05, 3.63) is 23.3 Å². The van der Waals surface area contributed by atoms with E-state index in [1.165, 1.54) is 0 Å². The van der Waals surface area contributed by atoms with Crippen molar-refractivity contribution in [2.45, 2.75) is 95.3 Å². The minimum atomic E-state index is -1.15. The Bertz CT molecular complexity index is 887. The summed E-state index contributed by atoms with van der Waals surface area (Å²) in [6, 6.07) is -4.14. The number of unbranched alkanes of at least 4 members (excludes halogenated alkanes) is 1. The second-order valence-electron chi connectivity index (χ2n) is 9.11. The van der Waals surface area contributed by atoms with Crippen LogP contribution in [-0.4, -0.2) is 80.7 Å². The average molecular weight is 542 g/mol. The van der Waals surface area contributed by atoms with Crippen LogP contribution >= 0.6 is 0 Å². The molecule has 0 aliphatic carbocycles. The summed E-state index contributed by atoms with van der Waals surface area (Å²) in [6.45, 7) is 2.14. The molecule has 0 aromatic heterocycles. The highest BCUT2D eigenvalue weighted by molar-refractivity contribution is 6.00. The van der Waals surface area contributed by atoms with Gasteiger partial charge in [0.15, 0.2) is 0 Å². The van der Waals surface area contributed by atoms with E-state index >= 15 is 0 Å². The standard InChI is InChI=1S/C25H43N5O8/c1-2-15(9-11-19(28)24(35)36)14-16(10-12-20(29)25(37)38)21(8-5-7-18(27)23(33)34)30-13-4-3-6-17(26)22(31)32/h2,14,17-20H,3-13,26-29H2,1H3,(H,31,32)(H,33,34)(H,35,36)(H,37,38)/b15-2-,16-14-,30-21+/t17-,18-,19-,20-/m0/s1. The number of hydrogen-bond acceptors (Lipinski definition) is 9. The Labute approximate surface area is 222 Å². The summed E-state index contributed by atoms with van der Waals surface area (Å²) in [7, 11) is 0. The number of aliphatic carboxylic acids is 4. The highest BCUT2D eigenvalue weighted by atomic mass is 16.4. The summed E-state index contributed by atoms with van der Waals surface area (Å²) in [4.78, 5) is 49.1. The predicted molar refractivity (Wildman–Crippen MR) is 143 cm³/mol. The Balaban J connectivity index is 5.91. The molecule has 0 heterocycles. The van der Waals surface area contributed by atoms with Crippen LogP contribution in [0.15, 0.2) is 28.3 Å². The van der Waals surface area contributed by atoms with Crippen molar-refractivity contribution in [1.82, 2.24) is 0 Å². The lowest BCUT2D eigenvalue weighted by Gasteiger charge is -2.16. The van der Waals surface area contributed by atoms with Gasteiger partial charge < -0.3 is 43.4 Å². The first-order valence-electron chi connectivity index (χ1n) is 12.6. The molecule has 12 N–H and O–H groups in total. The van der Waals surface area contributed by atoms with Gasteiger partial charge in [-0.15, -0.1) is 0 Å². The molecule has 0 rings (SSSR count). The molecule has 0 spiro atoms. The van der Waals surface area contributed by atoms with E-state index in [1.54, 1.807) is 13.0 Å². The normalized spacial score (nSPS) is 16.0. The Hall–Kier alpha value is -3.13. The van der Waals surface area contributed by atoms with E-state index in [2.05, 4.69) is 4.99 Å². The van der Waals surface area contributed by atoms with Crippen molar-refractivity contribution in [2.75, 3.05) is 6.54 Å². The van der Waals surface area contributed by atoms with Crippen LogP contribution in [0, 0.1) is 0 Å². The number of aliphatic imine (C=N–C) groups is 1. The molecule has 0 bridgehead atoms. The van der Waals surface area contributed by atoms with Crippen LogP contribution in [0.5, 0.6) is 0 Å². The lowest BCUT2D eigenvalue weighted by molar-refractivity contribution is -0.139. The number of allylic oxidation sites excluding steroid dienone is 4. The van der Waals surface area contributed by atoms with E-state index in [9.17, 15) is 24.3 Å². The van der Waals surface area contributed by atoms with Gasteiger partial charge >= 0.3 is 23.9 Å². The molecule has 0 aromatic rings. The monoisotopic (exact) mass is 541 g/mol. The predicted octanol–water partition coefficient (Wildman–Crippen LogP) is 0.849. The van der Waals surface area contributed by atoms with Gasteiger partial charge in [0.25, 0.3) is 0 Å². The summed E-state index contributed by atoms with van der Waals surface area (Å²) in [6.07, 6.45) is 6.93. The maximum Gasteiger partial charge on any atom is 0.320 e. The van der Waals surface area contributed by atoms with Crippen molar-refractivity contribution < 1.29 is 39.6 Å². The van der Waals surface area contributed by atoms with Crippen LogP contribution in [0.1, 0.15) is 71.1 Å². The van der Waals surface area contributed by atoms with E-state index in [0.717, 1.165) is 5.57 Å². The van der Waals surface area contributed by atoms with Crippen LogP contribution in [0.4, 0.5) is 0 Å². The van der Waals surface area contributed by atoms with Gasteiger partial charge in [-0.05, 0) is 76.7 Å². The summed E-state index contributed by atoms with van der Waals surface area (Å²) in [5.74, 6) is -4.46. The second kappa shape index (κ2) is 19.0. The van der Waals surface area contributed by atoms with E-state index in [-0.39, 0.29) is 32.1 Å². The van der Waals surface area contributed by atoms with Crippen LogP contribution in [0.25, 0.3) is 0 Å². The SMILES string of the molecule is C\C=C(/C=C(CC[C@H](N)C(=O)O)\C(CCC[C@H](N)C(=O)O)=N\CCCC[C@H](N)C(=O)O)CC[C@H](N)C(=O)O. The number of carbonyl (C=O) groups is 4. The number of carboxylic acid groups (broad SMARTS) is 4. The molecule has 0 aromatic carbocycles. The molecule has 13 heteroatoms.